The smallest absolute Gasteiger partial charge is 0.303 e. The molecule has 1 aromatic carbocycles. The maximum atomic E-state index is 14.1. The molecular formula is C19H25F2NO3. The van der Waals surface area contributed by atoms with Gasteiger partial charge in [-0.2, -0.15) is 0 Å². The Hall–Kier alpha value is -1.98. The van der Waals surface area contributed by atoms with E-state index in [1.54, 1.807) is 0 Å². The molecule has 0 spiro atoms. The Morgan fingerprint density at radius 2 is 1.64 bits per heavy atom. The van der Waals surface area contributed by atoms with Crippen molar-refractivity contribution in [2.75, 3.05) is 6.54 Å². The molecule has 0 radical (unpaired) electrons. The lowest BCUT2D eigenvalue weighted by Gasteiger charge is -2.40. The summed E-state index contributed by atoms with van der Waals surface area (Å²) in [4.78, 5) is 23.0. The summed E-state index contributed by atoms with van der Waals surface area (Å²) in [6.07, 6.45) is 5.99. The van der Waals surface area contributed by atoms with Crippen LogP contribution in [0.15, 0.2) is 18.2 Å². The number of aliphatic carboxylic acids is 1. The van der Waals surface area contributed by atoms with E-state index < -0.39 is 23.0 Å². The number of benzene rings is 1. The van der Waals surface area contributed by atoms with E-state index >= 15 is 0 Å². The number of nitrogens with one attached hydrogen (secondary N) is 1. The van der Waals surface area contributed by atoms with Crippen molar-refractivity contribution in [3.8, 4) is 0 Å². The van der Waals surface area contributed by atoms with Gasteiger partial charge in [0.25, 0.3) is 0 Å². The quantitative estimate of drug-likeness (QED) is 0.627. The second-order valence-electron chi connectivity index (χ2n) is 6.70. The van der Waals surface area contributed by atoms with Gasteiger partial charge in [-0.3, -0.25) is 9.59 Å². The first-order chi connectivity index (χ1) is 12.0. The molecule has 138 valence electrons. The molecule has 0 saturated heterocycles. The van der Waals surface area contributed by atoms with Gasteiger partial charge in [-0.1, -0.05) is 31.7 Å². The molecule has 1 aliphatic rings. The van der Waals surface area contributed by atoms with Crippen LogP contribution in [0.3, 0.4) is 0 Å². The summed E-state index contributed by atoms with van der Waals surface area (Å²) in [6.45, 7) is 0.468. The van der Waals surface area contributed by atoms with Gasteiger partial charge >= 0.3 is 5.97 Å². The molecule has 1 aliphatic carbocycles. The zero-order chi connectivity index (χ0) is 18.3. The van der Waals surface area contributed by atoms with Gasteiger partial charge in [0.1, 0.15) is 11.6 Å². The average molecular weight is 353 g/mol. The largest absolute Gasteiger partial charge is 0.481 e. The van der Waals surface area contributed by atoms with Crippen LogP contribution >= 0.6 is 0 Å². The van der Waals surface area contributed by atoms with Gasteiger partial charge in [0, 0.05) is 18.5 Å². The van der Waals surface area contributed by atoms with Crippen molar-refractivity contribution >= 4 is 11.9 Å². The summed E-state index contributed by atoms with van der Waals surface area (Å²) in [6, 6.07) is 3.70. The molecule has 0 heterocycles. The SMILES string of the molecule is O=C(O)CCCCCCCNC(=O)C1(c2c(F)cccc2F)CCC1. The van der Waals surface area contributed by atoms with Crippen LogP contribution in [0.25, 0.3) is 0 Å². The number of carboxylic acids is 1. The number of amides is 1. The van der Waals surface area contributed by atoms with Crippen molar-refractivity contribution in [2.45, 2.75) is 63.2 Å². The monoisotopic (exact) mass is 353 g/mol. The molecule has 0 aliphatic heterocycles. The molecule has 1 aromatic rings. The second-order valence-corrected chi connectivity index (χ2v) is 6.70. The molecule has 0 aromatic heterocycles. The van der Waals surface area contributed by atoms with E-state index in [1.807, 2.05) is 0 Å². The van der Waals surface area contributed by atoms with E-state index in [-0.39, 0.29) is 17.9 Å². The lowest BCUT2D eigenvalue weighted by Crippen LogP contribution is -2.50. The number of carbonyl (C=O) groups excluding carboxylic acids is 1. The van der Waals surface area contributed by atoms with Crippen LogP contribution in [-0.4, -0.2) is 23.5 Å². The summed E-state index contributed by atoms with van der Waals surface area (Å²) in [5.41, 5.74) is -1.18. The van der Waals surface area contributed by atoms with Gasteiger partial charge in [0.05, 0.1) is 5.41 Å². The van der Waals surface area contributed by atoms with Gasteiger partial charge < -0.3 is 10.4 Å². The van der Waals surface area contributed by atoms with E-state index in [0.29, 0.717) is 25.8 Å². The fraction of sp³-hybridized carbons (Fsp3) is 0.579. The highest BCUT2D eigenvalue weighted by Gasteiger charge is 2.48. The van der Waals surface area contributed by atoms with E-state index in [9.17, 15) is 18.4 Å². The third kappa shape index (κ3) is 4.77. The summed E-state index contributed by atoms with van der Waals surface area (Å²) < 4.78 is 28.2. The minimum atomic E-state index is -1.07. The predicted octanol–water partition coefficient (Wildman–Crippen LogP) is 3.93. The fourth-order valence-corrected chi connectivity index (χ4v) is 3.38. The summed E-state index contributed by atoms with van der Waals surface area (Å²) >= 11 is 0. The number of unbranched alkanes of at least 4 members (excludes halogenated alkanes) is 4. The molecule has 25 heavy (non-hydrogen) atoms. The van der Waals surface area contributed by atoms with Crippen molar-refractivity contribution in [3.05, 3.63) is 35.4 Å². The van der Waals surface area contributed by atoms with Crippen molar-refractivity contribution in [1.29, 1.82) is 0 Å². The van der Waals surface area contributed by atoms with Gasteiger partial charge in [-0.15, -0.1) is 0 Å². The van der Waals surface area contributed by atoms with Gasteiger partial charge in [-0.25, -0.2) is 8.78 Å². The van der Waals surface area contributed by atoms with Crippen molar-refractivity contribution in [3.63, 3.8) is 0 Å². The van der Waals surface area contributed by atoms with Gasteiger partial charge in [0.15, 0.2) is 0 Å². The molecule has 0 atom stereocenters. The van der Waals surface area contributed by atoms with Crippen molar-refractivity contribution in [1.82, 2.24) is 5.32 Å². The highest BCUT2D eigenvalue weighted by atomic mass is 19.1. The number of carboxylic acid groups (broad SMARTS) is 1. The number of hydrogen-bond donors (Lipinski definition) is 2. The molecule has 2 rings (SSSR count). The second kappa shape index (κ2) is 8.92. The molecule has 0 unspecified atom stereocenters. The van der Waals surface area contributed by atoms with Crippen LogP contribution in [-0.2, 0) is 15.0 Å². The Morgan fingerprint density at radius 3 is 2.20 bits per heavy atom. The van der Waals surface area contributed by atoms with Crippen molar-refractivity contribution in [2.24, 2.45) is 0 Å². The first kappa shape index (κ1) is 19.3. The molecule has 1 saturated carbocycles. The molecule has 1 fully saturated rings. The number of halogens is 2. The molecule has 0 bridgehead atoms. The molecule has 1 amide bonds. The Labute approximate surface area is 146 Å². The molecule has 6 heteroatoms. The van der Waals surface area contributed by atoms with Crippen molar-refractivity contribution < 1.29 is 23.5 Å². The Morgan fingerprint density at radius 1 is 1.04 bits per heavy atom. The van der Waals surface area contributed by atoms with Crippen LogP contribution in [0.5, 0.6) is 0 Å². The third-order valence-electron chi connectivity index (χ3n) is 4.94. The first-order valence-corrected chi connectivity index (χ1v) is 8.92. The molecule has 4 nitrogen and oxygen atoms in total. The van der Waals surface area contributed by atoms with Gasteiger partial charge in [-0.05, 0) is 37.8 Å². The first-order valence-electron chi connectivity index (χ1n) is 8.92. The highest BCUT2D eigenvalue weighted by Crippen LogP contribution is 2.45. The number of carbonyl (C=O) groups is 2. The molecule has 2 N–H and O–H groups in total. The minimum absolute atomic E-state index is 0.104. The summed E-state index contributed by atoms with van der Waals surface area (Å²) in [5, 5.41) is 11.4. The fourth-order valence-electron chi connectivity index (χ4n) is 3.38. The summed E-state index contributed by atoms with van der Waals surface area (Å²) in [7, 11) is 0. The normalized spacial score (nSPS) is 15.4. The lowest BCUT2D eigenvalue weighted by atomic mass is 9.63. The highest BCUT2D eigenvalue weighted by molar-refractivity contribution is 5.89. The Kier molecular flexibility index (Phi) is 6.91. The Bertz CT molecular complexity index is 594. The zero-order valence-electron chi connectivity index (χ0n) is 14.3. The standard InChI is InChI=1S/C19H25F2NO3/c20-14-8-6-9-15(21)17(14)19(11-7-12-19)18(25)22-13-5-3-1-2-4-10-16(23)24/h6,8-9H,1-5,7,10-13H2,(H,22,25)(H,23,24). The zero-order valence-corrected chi connectivity index (χ0v) is 14.3. The van der Waals surface area contributed by atoms with Crippen LogP contribution in [0, 0.1) is 11.6 Å². The third-order valence-corrected chi connectivity index (χ3v) is 4.94. The maximum absolute atomic E-state index is 14.1. The maximum Gasteiger partial charge on any atom is 0.303 e. The van der Waals surface area contributed by atoms with E-state index in [0.717, 1.165) is 32.1 Å². The van der Waals surface area contributed by atoms with Gasteiger partial charge in [0.2, 0.25) is 5.91 Å². The van der Waals surface area contributed by atoms with E-state index in [4.69, 9.17) is 5.11 Å². The lowest BCUT2D eigenvalue weighted by molar-refractivity contribution is -0.137. The minimum Gasteiger partial charge on any atom is -0.481 e. The van der Waals surface area contributed by atoms with E-state index in [2.05, 4.69) is 5.32 Å². The van der Waals surface area contributed by atoms with Crippen LogP contribution in [0.4, 0.5) is 8.78 Å². The summed E-state index contributed by atoms with van der Waals surface area (Å²) in [5.74, 6) is -2.39. The molecular weight excluding hydrogens is 328 g/mol. The Balaban J connectivity index is 1.79. The van der Waals surface area contributed by atoms with Crippen LogP contribution in [0.2, 0.25) is 0 Å². The van der Waals surface area contributed by atoms with Crippen LogP contribution < -0.4 is 5.32 Å². The topological polar surface area (TPSA) is 66.4 Å². The average Bonchev–Trinajstić information content (AvgIpc) is 2.51. The number of hydrogen-bond acceptors (Lipinski definition) is 2. The number of rotatable bonds is 10. The van der Waals surface area contributed by atoms with Crippen LogP contribution in [0.1, 0.15) is 63.4 Å². The van der Waals surface area contributed by atoms with E-state index in [1.165, 1.54) is 18.2 Å². The predicted molar refractivity (Wildman–Crippen MR) is 90.2 cm³/mol.